The van der Waals surface area contributed by atoms with Crippen molar-refractivity contribution in [2.24, 2.45) is 0 Å². The summed E-state index contributed by atoms with van der Waals surface area (Å²) in [5, 5.41) is 28.7. The molecule has 0 amide bonds. The van der Waals surface area contributed by atoms with Gasteiger partial charge in [0, 0.05) is 11.8 Å². The molecule has 0 radical (unpaired) electrons. The van der Waals surface area contributed by atoms with Gasteiger partial charge in [-0.15, -0.1) is 0 Å². The van der Waals surface area contributed by atoms with E-state index in [1.807, 2.05) is 6.07 Å². The Bertz CT molecular complexity index is 886. The SMILES string of the molecule is N#CCc1ccc(NS(=O)(=O)c2ccc(O)c([N+](=O)[O-])c2)cc1. The van der Waals surface area contributed by atoms with Crippen LogP contribution in [0.15, 0.2) is 47.4 Å². The van der Waals surface area contributed by atoms with Crippen LogP contribution in [0.2, 0.25) is 0 Å². The molecular weight excluding hydrogens is 322 g/mol. The lowest BCUT2D eigenvalue weighted by molar-refractivity contribution is -0.386. The quantitative estimate of drug-likeness (QED) is 0.636. The molecule has 2 N–H and O–H groups in total. The third-order valence-corrected chi connectivity index (χ3v) is 4.32. The molecule has 118 valence electrons. The van der Waals surface area contributed by atoms with Crippen LogP contribution in [-0.4, -0.2) is 18.4 Å². The van der Waals surface area contributed by atoms with Gasteiger partial charge in [-0.25, -0.2) is 8.42 Å². The van der Waals surface area contributed by atoms with Crippen LogP contribution in [0.25, 0.3) is 0 Å². The zero-order chi connectivity index (χ0) is 17.0. The van der Waals surface area contributed by atoms with Gasteiger partial charge >= 0.3 is 5.69 Å². The number of rotatable bonds is 5. The van der Waals surface area contributed by atoms with Crippen molar-refractivity contribution in [3.63, 3.8) is 0 Å². The number of anilines is 1. The molecule has 0 bridgehead atoms. The summed E-state index contributed by atoms with van der Waals surface area (Å²) in [7, 11) is -4.04. The van der Waals surface area contributed by atoms with Gasteiger partial charge in [-0.3, -0.25) is 14.8 Å². The van der Waals surface area contributed by atoms with Crippen molar-refractivity contribution in [3.05, 3.63) is 58.1 Å². The molecule has 9 heteroatoms. The summed E-state index contributed by atoms with van der Waals surface area (Å²) in [5.74, 6) is -0.616. The lowest BCUT2D eigenvalue weighted by atomic mass is 10.1. The van der Waals surface area contributed by atoms with Gasteiger partial charge in [0.2, 0.25) is 0 Å². The number of aromatic hydroxyl groups is 1. The Labute approximate surface area is 131 Å². The minimum atomic E-state index is -4.04. The second kappa shape index (κ2) is 6.33. The lowest BCUT2D eigenvalue weighted by Crippen LogP contribution is -2.13. The Kier molecular flexibility index (Phi) is 4.47. The molecule has 0 heterocycles. The van der Waals surface area contributed by atoms with Crippen LogP contribution in [0, 0.1) is 21.4 Å². The number of nitriles is 1. The van der Waals surface area contributed by atoms with Gasteiger partial charge < -0.3 is 5.11 Å². The van der Waals surface area contributed by atoms with E-state index in [1.165, 1.54) is 12.1 Å². The number of nitrogens with one attached hydrogen (secondary N) is 1. The molecule has 0 saturated heterocycles. The lowest BCUT2D eigenvalue weighted by Gasteiger charge is -2.08. The molecule has 2 aromatic rings. The highest BCUT2D eigenvalue weighted by Gasteiger charge is 2.21. The Morgan fingerprint density at radius 3 is 2.43 bits per heavy atom. The maximum absolute atomic E-state index is 12.2. The Balaban J connectivity index is 2.30. The van der Waals surface area contributed by atoms with E-state index in [-0.39, 0.29) is 17.0 Å². The first-order chi connectivity index (χ1) is 10.8. The minimum absolute atomic E-state index is 0.206. The molecule has 23 heavy (non-hydrogen) atoms. The van der Waals surface area contributed by atoms with E-state index in [9.17, 15) is 23.6 Å². The number of nitro benzene ring substituents is 1. The minimum Gasteiger partial charge on any atom is -0.502 e. The molecule has 2 rings (SSSR count). The van der Waals surface area contributed by atoms with E-state index >= 15 is 0 Å². The molecule has 0 spiro atoms. The van der Waals surface area contributed by atoms with Gasteiger partial charge in [0.1, 0.15) is 0 Å². The predicted molar refractivity (Wildman–Crippen MR) is 81.3 cm³/mol. The van der Waals surface area contributed by atoms with Crippen LogP contribution in [0.3, 0.4) is 0 Å². The number of sulfonamides is 1. The Morgan fingerprint density at radius 1 is 1.22 bits per heavy atom. The summed E-state index contributed by atoms with van der Waals surface area (Å²) in [6, 6.07) is 10.9. The van der Waals surface area contributed by atoms with Crippen molar-refractivity contribution < 1.29 is 18.4 Å². The van der Waals surface area contributed by atoms with Gasteiger partial charge in [0.15, 0.2) is 5.75 Å². The number of phenolic OH excluding ortho intramolecular Hbond substituents is 1. The molecule has 0 atom stereocenters. The first-order valence-electron chi connectivity index (χ1n) is 6.29. The van der Waals surface area contributed by atoms with Crippen molar-refractivity contribution >= 4 is 21.4 Å². The molecule has 0 aromatic heterocycles. The Hall–Kier alpha value is -3.12. The van der Waals surface area contributed by atoms with Crippen molar-refractivity contribution in [2.45, 2.75) is 11.3 Å². The summed E-state index contributed by atoms with van der Waals surface area (Å²) in [5.41, 5.74) is 0.287. The van der Waals surface area contributed by atoms with E-state index in [4.69, 9.17) is 5.26 Å². The fraction of sp³-hybridized carbons (Fsp3) is 0.0714. The second-order valence-electron chi connectivity index (χ2n) is 4.54. The maximum Gasteiger partial charge on any atom is 0.312 e. The highest BCUT2D eigenvalue weighted by atomic mass is 32.2. The Morgan fingerprint density at radius 2 is 1.87 bits per heavy atom. The summed E-state index contributed by atoms with van der Waals surface area (Å²) in [6.07, 6.45) is 0.206. The number of nitro groups is 1. The third kappa shape index (κ3) is 3.75. The molecule has 0 unspecified atom stereocenters. The van der Waals surface area contributed by atoms with E-state index in [2.05, 4.69) is 4.72 Å². The van der Waals surface area contributed by atoms with Crippen LogP contribution >= 0.6 is 0 Å². The molecule has 0 aliphatic heterocycles. The molecule has 8 nitrogen and oxygen atoms in total. The summed E-state index contributed by atoms with van der Waals surface area (Å²) < 4.78 is 26.7. The number of hydrogen-bond donors (Lipinski definition) is 2. The van der Waals surface area contributed by atoms with Gasteiger partial charge in [-0.1, -0.05) is 12.1 Å². The van der Waals surface area contributed by atoms with E-state index in [0.717, 1.165) is 23.8 Å². The van der Waals surface area contributed by atoms with Gasteiger partial charge in [0.25, 0.3) is 10.0 Å². The monoisotopic (exact) mass is 333 g/mol. The predicted octanol–water partition coefficient (Wildman–Crippen LogP) is 2.17. The van der Waals surface area contributed by atoms with Crippen LogP contribution < -0.4 is 4.72 Å². The average Bonchev–Trinajstić information content (AvgIpc) is 2.49. The topological polar surface area (TPSA) is 133 Å². The highest BCUT2D eigenvalue weighted by Crippen LogP contribution is 2.29. The zero-order valence-electron chi connectivity index (χ0n) is 11.6. The molecule has 2 aromatic carbocycles. The zero-order valence-corrected chi connectivity index (χ0v) is 12.4. The summed E-state index contributed by atoms with van der Waals surface area (Å²) >= 11 is 0. The molecule has 0 aliphatic rings. The van der Waals surface area contributed by atoms with Crippen LogP contribution in [0.4, 0.5) is 11.4 Å². The van der Waals surface area contributed by atoms with Crippen molar-refractivity contribution in [1.82, 2.24) is 0 Å². The van der Waals surface area contributed by atoms with Crippen LogP contribution in [-0.2, 0) is 16.4 Å². The maximum atomic E-state index is 12.2. The molecule has 0 fully saturated rings. The van der Waals surface area contributed by atoms with Gasteiger partial charge in [-0.2, -0.15) is 5.26 Å². The van der Waals surface area contributed by atoms with Crippen LogP contribution in [0.1, 0.15) is 5.56 Å². The van der Waals surface area contributed by atoms with E-state index in [0.29, 0.717) is 0 Å². The van der Waals surface area contributed by atoms with Crippen molar-refractivity contribution in [1.29, 1.82) is 5.26 Å². The van der Waals surface area contributed by atoms with Crippen molar-refractivity contribution in [3.8, 4) is 11.8 Å². The number of phenols is 1. The smallest absolute Gasteiger partial charge is 0.312 e. The highest BCUT2D eigenvalue weighted by molar-refractivity contribution is 7.92. The fourth-order valence-electron chi connectivity index (χ4n) is 1.81. The molecule has 0 saturated carbocycles. The first-order valence-corrected chi connectivity index (χ1v) is 7.78. The second-order valence-corrected chi connectivity index (χ2v) is 6.23. The van der Waals surface area contributed by atoms with E-state index in [1.54, 1.807) is 12.1 Å². The third-order valence-electron chi connectivity index (χ3n) is 2.94. The largest absolute Gasteiger partial charge is 0.502 e. The van der Waals surface area contributed by atoms with Crippen molar-refractivity contribution in [2.75, 3.05) is 4.72 Å². The number of benzene rings is 2. The average molecular weight is 333 g/mol. The van der Waals surface area contributed by atoms with Gasteiger partial charge in [-0.05, 0) is 29.8 Å². The normalized spacial score (nSPS) is 10.7. The molecule has 0 aliphatic carbocycles. The van der Waals surface area contributed by atoms with Gasteiger partial charge in [0.05, 0.1) is 22.3 Å². The number of hydrogen-bond acceptors (Lipinski definition) is 6. The van der Waals surface area contributed by atoms with E-state index < -0.39 is 26.4 Å². The first kappa shape index (κ1) is 16.3. The molecular formula is C14H11N3O5S. The van der Waals surface area contributed by atoms with Crippen LogP contribution in [0.5, 0.6) is 5.75 Å². The fourth-order valence-corrected chi connectivity index (χ4v) is 2.89. The summed E-state index contributed by atoms with van der Waals surface area (Å²) in [6.45, 7) is 0. The number of nitrogens with zero attached hydrogens (tertiary/aromatic N) is 2. The standard InChI is InChI=1S/C14H11N3O5S/c15-8-7-10-1-3-11(4-2-10)16-23(21,22)12-5-6-14(18)13(9-12)17(19)20/h1-6,9,16,18H,7H2. The summed E-state index contributed by atoms with van der Waals surface area (Å²) in [4.78, 5) is 9.55.